The minimum absolute atomic E-state index is 0.359. The van der Waals surface area contributed by atoms with Crippen molar-refractivity contribution in [1.82, 2.24) is 0 Å². The fourth-order valence-corrected chi connectivity index (χ4v) is 1.75. The highest BCUT2D eigenvalue weighted by molar-refractivity contribution is 5.16. The molecule has 0 aromatic rings. The van der Waals surface area contributed by atoms with E-state index in [9.17, 15) is 0 Å². The fraction of sp³-hybridized carbons (Fsp3) is 0.600. The van der Waals surface area contributed by atoms with E-state index in [-0.39, 0.29) is 0 Å². The molecule has 0 aromatic heterocycles. The van der Waals surface area contributed by atoms with Gasteiger partial charge in [0.25, 0.3) is 0 Å². The molecule has 0 spiro atoms. The molecule has 1 fully saturated rings. The van der Waals surface area contributed by atoms with Crippen LogP contribution in [0.2, 0.25) is 0 Å². The van der Waals surface area contributed by atoms with Gasteiger partial charge in [-0.05, 0) is 25.2 Å². The standard InChI is InChI=1S/C10H12N2/c1-2-9-4-3-5-10(6-9,7-11)8-12/h2,9H,1,3-6H2. The Bertz CT molecular complexity index is 240. The molecule has 1 rings (SSSR count). The lowest BCUT2D eigenvalue weighted by molar-refractivity contribution is 0.292. The molecular weight excluding hydrogens is 148 g/mol. The van der Waals surface area contributed by atoms with Crippen LogP contribution in [0.15, 0.2) is 12.7 Å². The number of rotatable bonds is 1. The quantitative estimate of drug-likeness (QED) is 0.553. The topological polar surface area (TPSA) is 47.6 Å². The second-order valence-electron chi connectivity index (χ2n) is 3.40. The van der Waals surface area contributed by atoms with Crippen molar-refractivity contribution in [2.24, 2.45) is 11.3 Å². The lowest BCUT2D eigenvalue weighted by atomic mass is 9.71. The van der Waals surface area contributed by atoms with E-state index in [1.807, 2.05) is 6.08 Å². The molecule has 0 N–H and O–H groups in total. The van der Waals surface area contributed by atoms with Crippen molar-refractivity contribution < 1.29 is 0 Å². The average Bonchev–Trinajstić information content (AvgIpc) is 2.18. The summed E-state index contributed by atoms with van der Waals surface area (Å²) in [5, 5.41) is 17.7. The van der Waals surface area contributed by atoms with Crippen LogP contribution in [0.25, 0.3) is 0 Å². The van der Waals surface area contributed by atoms with E-state index in [4.69, 9.17) is 10.5 Å². The van der Waals surface area contributed by atoms with Crippen LogP contribution >= 0.6 is 0 Å². The first-order valence-corrected chi connectivity index (χ1v) is 4.21. The molecule has 0 amide bonds. The average molecular weight is 160 g/mol. The predicted molar refractivity (Wildman–Crippen MR) is 45.8 cm³/mol. The van der Waals surface area contributed by atoms with Crippen molar-refractivity contribution in [2.45, 2.75) is 25.7 Å². The molecule has 0 saturated heterocycles. The van der Waals surface area contributed by atoms with E-state index in [2.05, 4.69) is 18.7 Å². The molecule has 0 aromatic carbocycles. The minimum Gasteiger partial charge on any atom is -0.197 e. The highest BCUT2D eigenvalue weighted by atomic mass is 14.4. The van der Waals surface area contributed by atoms with Gasteiger partial charge in [-0.2, -0.15) is 10.5 Å². The lowest BCUT2D eigenvalue weighted by Gasteiger charge is -2.28. The number of allylic oxidation sites excluding steroid dienone is 1. The van der Waals surface area contributed by atoms with Crippen molar-refractivity contribution in [3.8, 4) is 12.1 Å². The zero-order valence-corrected chi connectivity index (χ0v) is 7.08. The zero-order valence-electron chi connectivity index (χ0n) is 7.08. The third kappa shape index (κ3) is 1.48. The molecule has 1 atom stereocenters. The highest BCUT2D eigenvalue weighted by Gasteiger charge is 2.35. The molecule has 12 heavy (non-hydrogen) atoms. The number of nitriles is 2. The Balaban J connectivity index is 2.75. The third-order valence-electron chi connectivity index (χ3n) is 2.55. The summed E-state index contributed by atoms with van der Waals surface area (Å²) < 4.78 is 0. The molecule has 1 aliphatic rings. The van der Waals surface area contributed by atoms with Crippen molar-refractivity contribution in [1.29, 1.82) is 10.5 Å². The van der Waals surface area contributed by atoms with E-state index in [0.717, 1.165) is 19.3 Å². The van der Waals surface area contributed by atoms with Gasteiger partial charge in [-0.1, -0.05) is 12.5 Å². The Morgan fingerprint density at radius 2 is 2.08 bits per heavy atom. The third-order valence-corrected chi connectivity index (χ3v) is 2.55. The SMILES string of the molecule is C=CC1CCCC(C#N)(C#N)C1. The second-order valence-corrected chi connectivity index (χ2v) is 3.40. The molecule has 2 nitrogen and oxygen atoms in total. The van der Waals surface area contributed by atoms with E-state index in [1.165, 1.54) is 0 Å². The van der Waals surface area contributed by atoms with Crippen LogP contribution in [0.3, 0.4) is 0 Å². The Morgan fingerprint density at radius 3 is 2.58 bits per heavy atom. The van der Waals surface area contributed by atoms with E-state index < -0.39 is 5.41 Å². The number of hydrogen-bond donors (Lipinski definition) is 0. The Morgan fingerprint density at radius 1 is 1.42 bits per heavy atom. The van der Waals surface area contributed by atoms with Gasteiger partial charge in [-0.3, -0.25) is 0 Å². The summed E-state index contributed by atoms with van der Waals surface area (Å²) in [6.45, 7) is 3.70. The van der Waals surface area contributed by atoms with Crippen molar-refractivity contribution in [3.05, 3.63) is 12.7 Å². The van der Waals surface area contributed by atoms with Gasteiger partial charge in [-0.15, -0.1) is 6.58 Å². The molecular formula is C10H12N2. The van der Waals surface area contributed by atoms with Crippen LogP contribution in [0.1, 0.15) is 25.7 Å². The largest absolute Gasteiger partial charge is 0.197 e. The Hall–Kier alpha value is -1.28. The normalized spacial score (nSPS) is 26.7. The molecule has 0 radical (unpaired) electrons. The molecule has 0 aliphatic heterocycles. The van der Waals surface area contributed by atoms with Gasteiger partial charge in [0.15, 0.2) is 0 Å². The van der Waals surface area contributed by atoms with Crippen LogP contribution in [-0.4, -0.2) is 0 Å². The highest BCUT2D eigenvalue weighted by Crippen LogP contribution is 2.38. The Labute approximate surface area is 73.1 Å². The molecule has 2 heteroatoms. The number of nitrogens with zero attached hydrogens (tertiary/aromatic N) is 2. The maximum atomic E-state index is 8.85. The number of hydrogen-bond acceptors (Lipinski definition) is 2. The van der Waals surface area contributed by atoms with E-state index in [0.29, 0.717) is 12.3 Å². The maximum absolute atomic E-state index is 8.85. The van der Waals surface area contributed by atoms with Gasteiger partial charge in [-0.25, -0.2) is 0 Å². The van der Waals surface area contributed by atoms with Gasteiger partial charge in [0.05, 0.1) is 12.1 Å². The minimum atomic E-state index is -0.725. The zero-order chi connectivity index (χ0) is 9.03. The summed E-state index contributed by atoms with van der Waals surface area (Å²) in [5.74, 6) is 0.359. The van der Waals surface area contributed by atoms with Crippen LogP contribution in [0.4, 0.5) is 0 Å². The van der Waals surface area contributed by atoms with Crippen LogP contribution < -0.4 is 0 Å². The van der Waals surface area contributed by atoms with E-state index >= 15 is 0 Å². The summed E-state index contributed by atoms with van der Waals surface area (Å²) in [6.07, 6.45) is 5.31. The fourth-order valence-electron chi connectivity index (χ4n) is 1.75. The van der Waals surface area contributed by atoms with Gasteiger partial charge >= 0.3 is 0 Å². The maximum Gasteiger partial charge on any atom is 0.144 e. The van der Waals surface area contributed by atoms with Crippen LogP contribution in [0.5, 0.6) is 0 Å². The molecule has 1 saturated carbocycles. The van der Waals surface area contributed by atoms with Gasteiger partial charge < -0.3 is 0 Å². The van der Waals surface area contributed by atoms with Gasteiger partial charge in [0.2, 0.25) is 0 Å². The monoisotopic (exact) mass is 160 g/mol. The predicted octanol–water partition coefficient (Wildman–Crippen LogP) is 2.40. The summed E-state index contributed by atoms with van der Waals surface area (Å²) in [7, 11) is 0. The summed E-state index contributed by atoms with van der Waals surface area (Å²) in [6, 6.07) is 4.24. The molecule has 1 unspecified atom stereocenters. The molecule has 0 heterocycles. The molecule has 1 aliphatic carbocycles. The first kappa shape index (κ1) is 8.81. The lowest BCUT2D eigenvalue weighted by Crippen LogP contribution is -2.24. The summed E-state index contributed by atoms with van der Waals surface area (Å²) in [4.78, 5) is 0. The molecule has 0 bridgehead atoms. The summed E-state index contributed by atoms with van der Waals surface area (Å²) >= 11 is 0. The summed E-state index contributed by atoms with van der Waals surface area (Å²) in [5.41, 5.74) is -0.725. The van der Waals surface area contributed by atoms with Crippen LogP contribution in [0, 0.1) is 34.0 Å². The van der Waals surface area contributed by atoms with Gasteiger partial charge in [0.1, 0.15) is 5.41 Å². The smallest absolute Gasteiger partial charge is 0.144 e. The first-order valence-electron chi connectivity index (χ1n) is 4.21. The van der Waals surface area contributed by atoms with Crippen molar-refractivity contribution in [2.75, 3.05) is 0 Å². The Kier molecular flexibility index (Phi) is 2.51. The van der Waals surface area contributed by atoms with Crippen molar-refractivity contribution in [3.63, 3.8) is 0 Å². The van der Waals surface area contributed by atoms with Crippen molar-refractivity contribution >= 4 is 0 Å². The van der Waals surface area contributed by atoms with Crippen LogP contribution in [-0.2, 0) is 0 Å². The van der Waals surface area contributed by atoms with E-state index in [1.54, 1.807) is 0 Å². The second kappa shape index (κ2) is 3.41. The van der Waals surface area contributed by atoms with Gasteiger partial charge in [0, 0.05) is 0 Å². The molecule has 62 valence electrons. The first-order chi connectivity index (χ1) is 5.76.